The summed E-state index contributed by atoms with van der Waals surface area (Å²) in [6.07, 6.45) is 1.49. The standard InChI is InChI=1S/C18H17NO3.C5H6N2OS/c1-9(2)10-6-7-11-14(8-10)22-18(21)12-4-3-5-13(19)15(12)17(20)16(11)18;1-3-7-2-4(9-3)5(6)8/h3-9,16,21H,19H2,1-2H3;2H,1H3,(H2,6,8). The van der Waals surface area contributed by atoms with Crippen molar-refractivity contribution in [1.82, 2.24) is 4.98 Å². The van der Waals surface area contributed by atoms with Gasteiger partial charge < -0.3 is 21.3 Å². The summed E-state index contributed by atoms with van der Waals surface area (Å²) in [5.74, 6) is -2.02. The van der Waals surface area contributed by atoms with Gasteiger partial charge in [-0.05, 0) is 30.5 Å². The fraction of sp³-hybridized carbons (Fsp3) is 0.261. The van der Waals surface area contributed by atoms with Crippen molar-refractivity contribution >= 4 is 28.7 Å². The summed E-state index contributed by atoms with van der Waals surface area (Å²) in [6, 6.07) is 10.9. The van der Waals surface area contributed by atoms with Crippen LogP contribution in [0.1, 0.15) is 67.4 Å². The van der Waals surface area contributed by atoms with Crippen LogP contribution in [0.15, 0.2) is 42.6 Å². The van der Waals surface area contributed by atoms with Gasteiger partial charge in [-0.2, -0.15) is 0 Å². The number of aryl methyl sites for hydroxylation is 1. The molecule has 7 nitrogen and oxygen atoms in total. The number of anilines is 1. The highest BCUT2D eigenvalue weighted by Gasteiger charge is 2.59. The second-order valence-electron chi connectivity index (χ2n) is 7.93. The van der Waals surface area contributed by atoms with Crippen molar-refractivity contribution < 1.29 is 19.4 Å². The van der Waals surface area contributed by atoms with Crippen LogP contribution in [0.2, 0.25) is 0 Å². The molecule has 1 amide bonds. The number of aliphatic hydroxyl groups is 1. The first-order chi connectivity index (χ1) is 14.6. The fourth-order valence-corrected chi connectivity index (χ4v) is 4.60. The number of Topliss-reactive ketones (excluding diaryl/α,β-unsaturated/α-hetero) is 1. The van der Waals surface area contributed by atoms with Crippen molar-refractivity contribution in [3.8, 4) is 5.75 Å². The van der Waals surface area contributed by atoms with Gasteiger partial charge in [0.15, 0.2) is 5.78 Å². The van der Waals surface area contributed by atoms with Gasteiger partial charge in [0, 0.05) is 16.8 Å². The molecule has 2 aliphatic rings. The molecule has 0 bridgehead atoms. The molecule has 160 valence electrons. The molecule has 2 heterocycles. The van der Waals surface area contributed by atoms with Crippen molar-refractivity contribution in [2.24, 2.45) is 5.73 Å². The molecule has 0 spiro atoms. The highest BCUT2D eigenvalue weighted by Crippen LogP contribution is 2.56. The number of fused-ring (bicyclic) bond motifs is 5. The second-order valence-corrected chi connectivity index (χ2v) is 9.16. The minimum absolute atomic E-state index is 0.174. The Hall–Kier alpha value is -3.23. The summed E-state index contributed by atoms with van der Waals surface area (Å²) in [4.78, 5) is 27.5. The minimum atomic E-state index is -1.64. The van der Waals surface area contributed by atoms with Crippen molar-refractivity contribution in [1.29, 1.82) is 0 Å². The van der Waals surface area contributed by atoms with Gasteiger partial charge in [-0.3, -0.25) is 9.59 Å². The van der Waals surface area contributed by atoms with E-state index in [1.807, 2.05) is 25.1 Å². The molecular weight excluding hydrogens is 414 g/mol. The third-order valence-corrected chi connectivity index (χ3v) is 6.45. The fourth-order valence-electron chi connectivity index (χ4n) is 3.97. The molecule has 31 heavy (non-hydrogen) atoms. The molecule has 0 saturated heterocycles. The van der Waals surface area contributed by atoms with E-state index in [0.717, 1.165) is 16.1 Å². The Morgan fingerprint density at radius 2 is 2.03 bits per heavy atom. The average molecular weight is 438 g/mol. The number of rotatable bonds is 2. The summed E-state index contributed by atoms with van der Waals surface area (Å²) in [6.45, 7) is 6.01. The van der Waals surface area contributed by atoms with E-state index in [9.17, 15) is 14.7 Å². The third-order valence-electron chi connectivity index (χ3n) is 5.53. The molecule has 2 atom stereocenters. The molecule has 8 heteroatoms. The van der Waals surface area contributed by atoms with Crippen molar-refractivity contribution in [3.05, 3.63) is 74.7 Å². The highest BCUT2D eigenvalue weighted by molar-refractivity contribution is 7.13. The number of ether oxygens (including phenoxy) is 1. The third kappa shape index (κ3) is 3.37. The number of nitrogens with two attached hydrogens (primary N) is 2. The number of ketones is 1. The van der Waals surface area contributed by atoms with Crippen LogP contribution >= 0.6 is 11.3 Å². The Kier molecular flexibility index (Phi) is 5.07. The lowest BCUT2D eigenvalue weighted by atomic mass is 9.91. The lowest BCUT2D eigenvalue weighted by Crippen LogP contribution is -2.32. The van der Waals surface area contributed by atoms with Gasteiger partial charge in [0.2, 0.25) is 5.79 Å². The molecule has 1 aliphatic heterocycles. The number of benzene rings is 2. The van der Waals surface area contributed by atoms with Crippen molar-refractivity contribution in [2.45, 2.75) is 38.4 Å². The smallest absolute Gasteiger partial charge is 0.260 e. The first-order valence-corrected chi connectivity index (χ1v) is 10.7. The van der Waals surface area contributed by atoms with Crippen LogP contribution < -0.4 is 16.2 Å². The molecular formula is C23H23N3O4S. The summed E-state index contributed by atoms with van der Waals surface area (Å²) >= 11 is 1.31. The summed E-state index contributed by atoms with van der Waals surface area (Å²) in [5.41, 5.74) is 14.0. The predicted molar refractivity (Wildman–Crippen MR) is 118 cm³/mol. The maximum Gasteiger partial charge on any atom is 0.260 e. The summed E-state index contributed by atoms with van der Waals surface area (Å²) in [5, 5.41) is 11.9. The zero-order valence-corrected chi connectivity index (χ0v) is 18.2. The van der Waals surface area contributed by atoms with Crippen molar-refractivity contribution in [2.75, 3.05) is 5.73 Å². The van der Waals surface area contributed by atoms with Crippen LogP contribution in [0, 0.1) is 6.92 Å². The van der Waals surface area contributed by atoms with Crippen LogP contribution in [-0.4, -0.2) is 21.8 Å². The van der Waals surface area contributed by atoms with Crippen LogP contribution in [0.5, 0.6) is 5.75 Å². The van der Waals surface area contributed by atoms with E-state index in [-0.39, 0.29) is 5.78 Å². The SMILES string of the molecule is CC(C)c1ccc2c(c1)OC1(O)c3cccc(N)c3C(=O)C21.Cc1ncc(C(N)=O)s1. The molecule has 1 aliphatic carbocycles. The number of amides is 1. The number of nitrogens with zero attached hydrogens (tertiary/aromatic N) is 1. The topological polar surface area (TPSA) is 129 Å². The van der Waals surface area contributed by atoms with E-state index in [1.165, 1.54) is 17.5 Å². The maximum absolute atomic E-state index is 12.8. The first kappa shape index (κ1) is 21.0. The zero-order chi connectivity index (χ0) is 22.5. The van der Waals surface area contributed by atoms with E-state index >= 15 is 0 Å². The lowest BCUT2D eigenvalue weighted by Gasteiger charge is -2.22. The Morgan fingerprint density at radius 1 is 1.29 bits per heavy atom. The van der Waals surface area contributed by atoms with Crippen LogP contribution in [0.25, 0.3) is 0 Å². The molecule has 0 saturated carbocycles. The van der Waals surface area contributed by atoms with Gasteiger partial charge in [-0.15, -0.1) is 11.3 Å². The number of carbonyl (C=O) groups is 2. The number of primary amides is 1. The number of nitrogen functional groups attached to an aromatic ring is 1. The normalized spacial score (nSPS) is 20.4. The molecule has 5 N–H and O–H groups in total. The molecule has 2 unspecified atom stereocenters. The van der Waals surface area contributed by atoms with Gasteiger partial charge in [0.1, 0.15) is 16.5 Å². The average Bonchev–Trinajstić information content (AvgIpc) is 3.33. The van der Waals surface area contributed by atoms with Gasteiger partial charge in [0.05, 0.1) is 16.8 Å². The number of hydrogen-bond donors (Lipinski definition) is 3. The largest absolute Gasteiger partial charge is 0.457 e. The zero-order valence-electron chi connectivity index (χ0n) is 17.4. The van der Waals surface area contributed by atoms with Crippen LogP contribution in [0.3, 0.4) is 0 Å². The number of carbonyl (C=O) groups excluding carboxylic acids is 2. The number of aromatic nitrogens is 1. The number of thiazole rings is 1. The van der Waals surface area contributed by atoms with Gasteiger partial charge in [-0.25, -0.2) is 4.98 Å². The van der Waals surface area contributed by atoms with E-state index < -0.39 is 17.6 Å². The molecule has 5 rings (SSSR count). The van der Waals surface area contributed by atoms with Gasteiger partial charge >= 0.3 is 0 Å². The van der Waals surface area contributed by atoms with Gasteiger partial charge in [-0.1, -0.05) is 38.1 Å². The Bertz CT molecular complexity index is 1200. The minimum Gasteiger partial charge on any atom is -0.457 e. The molecule has 0 fully saturated rings. The second kappa shape index (κ2) is 7.47. The maximum atomic E-state index is 12.8. The summed E-state index contributed by atoms with van der Waals surface area (Å²) in [7, 11) is 0. The summed E-state index contributed by atoms with van der Waals surface area (Å²) < 4.78 is 5.84. The van der Waals surface area contributed by atoms with E-state index in [4.69, 9.17) is 16.2 Å². The Balaban J connectivity index is 0.000000217. The number of hydrogen-bond acceptors (Lipinski definition) is 7. The Morgan fingerprint density at radius 3 is 2.61 bits per heavy atom. The van der Waals surface area contributed by atoms with Crippen LogP contribution in [-0.2, 0) is 5.79 Å². The molecule has 2 aromatic carbocycles. The van der Waals surface area contributed by atoms with E-state index in [2.05, 4.69) is 18.8 Å². The van der Waals surface area contributed by atoms with E-state index in [1.54, 1.807) is 18.2 Å². The van der Waals surface area contributed by atoms with E-state index in [0.29, 0.717) is 33.4 Å². The Labute approximate surface area is 183 Å². The molecule has 0 radical (unpaired) electrons. The lowest BCUT2D eigenvalue weighted by molar-refractivity contribution is -0.134. The predicted octanol–water partition coefficient (Wildman–Crippen LogP) is 3.46. The molecule has 1 aromatic heterocycles. The first-order valence-electron chi connectivity index (χ1n) is 9.84. The molecule has 3 aromatic rings. The quantitative estimate of drug-likeness (QED) is 0.527. The highest BCUT2D eigenvalue weighted by atomic mass is 32.1. The van der Waals surface area contributed by atoms with Crippen LogP contribution in [0.4, 0.5) is 5.69 Å². The van der Waals surface area contributed by atoms with Gasteiger partial charge in [0.25, 0.3) is 5.91 Å². The van der Waals surface area contributed by atoms with Crippen molar-refractivity contribution in [3.63, 3.8) is 0 Å². The monoisotopic (exact) mass is 437 g/mol.